The molecule has 5 nitrogen and oxygen atoms in total. The summed E-state index contributed by atoms with van der Waals surface area (Å²) in [7, 11) is 1.74. The number of halogens is 2. The first-order chi connectivity index (χ1) is 12.2. The first-order valence-electron chi connectivity index (χ1n) is 8.54. The molecule has 1 heterocycles. The quantitative estimate of drug-likeness (QED) is 0.257. The van der Waals surface area contributed by atoms with E-state index in [0.29, 0.717) is 18.2 Å². The molecule has 0 bridgehead atoms. The van der Waals surface area contributed by atoms with Crippen molar-refractivity contribution in [2.45, 2.75) is 32.7 Å². The Balaban J connectivity index is 0.00000338. The predicted octanol–water partition coefficient (Wildman–Crippen LogP) is 4.49. The predicted molar refractivity (Wildman–Crippen MR) is 114 cm³/mol. The van der Waals surface area contributed by atoms with Crippen LogP contribution in [0.3, 0.4) is 0 Å². The molecular formula is C19H26FIN4O. The summed E-state index contributed by atoms with van der Waals surface area (Å²) in [5, 5.41) is 6.52. The van der Waals surface area contributed by atoms with Crippen LogP contribution in [0.2, 0.25) is 0 Å². The molecule has 2 N–H and O–H groups in total. The van der Waals surface area contributed by atoms with Crippen LogP contribution in [-0.2, 0) is 6.54 Å². The summed E-state index contributed by atoms with van der Waals surface area (Å²) < 4.78 is 19.0. The Morgan fingerprint density at radius 3 is 2.77 bits per heavy atom. The van der Waals surface area contributed by atoms with E-state index in [2.05, 4.69) is 27.5 Å². The smallest absolute Gasteiger partial charge is 0.224 e. The lowest BCUT2D eigenvalue weighted by Gasteiger charge is -2.14. The van der Waals surface area contributed by atoms with Crippen LogP contribution in [0.15, 0.2) is 47.6 Å². The van der Waals surface area contributed by atoms with Crippen LogP contribution in [0.4, 0.5) is 4.39 Å². The van der Waals surface area contributed by atoms with Crippen molar-refractivity contribution in [2.24, 2.45) is 4.99 Å². The molecule has 7 heteroatoms. The number of pyridine rings is 1. The molecule has 0 aliphatic carbocycles. The van der Waals surface area contributed by atoms with Crippen LogP contribution >= 0.6 is 24.0 Å². The van der Waals surface area contributed by atoms with E-state index in [1.807, 2.05) is 12.1 Å². The minimum atomic E-state index is -0.343. The van der Waals surface area contributed by atoms with E-state index in [-0.39, 0.29) is 29.8 Å². The summed E-state index contributed by atoms with van der Waals surface area (Å²) >= 11 is 0. The van der Waals surface area contributed by atoms with Crippen LogP contribution in [0.5, 0.6) is 11.6 Å². The zero-order valence-corrected chi connectivity index (χ0v) is 17.5. The average molecular weight is 472 g/mol. The Morgan fingerprint density at radius 1 is 1.19 bits per heavy atom. The fourth-order valence-corrected chi connectivity index (χ4v) is 2.27. The zero-order valence-electron chi connectivity index (χ0n) is 15.2. The number of unbranched alkanes of at least 4 members (excludes halogenated alkanes) is 2. The van der Waals surface area contributed by atoms with E-state index in [4.69, 9.17) is 4.74 Å². The number of rotatable bonds is 8. The van der Waals surface area contributed by atoms with Gasteiger partial charge in [0, 0.05) is 38.0 Å². The van der Waals surface area contributed by atoms with Crippen LogP contribution < -0.4 is 15.4 Å². The topological polar surface area (TPSA) is 58.5 Å². The molecule has 0 amide bonds. The summed E-state index contributed by atoms with van der Waals surface area (Å²) in [6.07, 6.45) is 5.14. The second-order valence-corrected chi connectivity index (χ2v) is 5.59. The van der Waals surface area contributed by atoms with E-state index < -0.39 is 0 Å². The highest BCUT2D eigenvalue weighted by Gasteiger charge is 2.08. The fraction of sp³-hybridized carbons (Fsp3) is 0.368. The molecule has 0 radical (unpaired) electrons. The standard InChI is InChI=1S/C19H25FN4O.HI/c1-3-4-5-11-23-19(21-2)24-14-15-8-7-12-22-18(15)25-17-10-6-9-16(20)13-17;/h6-10,12-13H,3-5,11,14H2,1-2H3,(H2,21,23,24);1H. The van der Waals surface area contributed by atoms with E-state index >= 15 is 0 Å². The van der Waals surface area contributed by atoms with Crippen LogP contribution in [0, 0.1) is 5.82 Å². The molecule has 0 saturated heterocycles. The highest BCUT2D eigenvalue weighted by Crippen LogP contribution is 2.23. The molecule has 142 valence electrons. The maximum atomic E-state index is 13.3. The van der Waals surface area contributed by atoms with Crippen molar-refractivity contribution in [3.63, 3.8) is 0 Å². The molecule has 0 spiro atoms. The molecule has 26 heavy (non-hydrogen) atoms. The number of aliphatic imine (C=N–C) groups is 1. The lowest BCUT2D eigenvalue weighted by molar-refractivity contribution is 0.450. The van der Waals surface area contributed by atoms with Crippen molar-refractivity contribution in [2.75, 3.05) is 13.6 Å². The second kappa shape index (κ2) is 12.5. The van der Waals surface area contributed by atoms with Crippen LogP contribution in [0.25, 0.3) is 0 Å². The number of aromatic nitrogens is 1. The van der Waals surface area contributed by atoms with Crippen LogP contribution in [-0.4, -0.2) is 24.5 Å². The van der Waals surface area contributed by atoms with Crippen molar-refractivity contribution >= 4 is 29.9 Å². The van der Waals surface area contributed by atoms with Crippen LogP contribution in [0.1, 0.15) is 31.7 Å². The molecule has 2 rings (SSSR count). The third-order valence-electron chi connectivity index (χ3n) is 3.60. The Hall–Kier alpha value is -1.90. The highest BCUT2D eigenvalue weighted by atomic mass is 127. The third kappa shape index (κ3) is 7.55. The SMILES string of the molecule is CCCCCNC(=NC)NCc1cccnc1Oc1cccc(F)c1.I. The Morgan fingerprint density at radius 2 is 2.04 bits per heavy atom. The lowest BCUT2D eigenvalue weighted by Crippen LogP contribution is -2.37. The first kappa shape index (κ1) is 22.1. The number of nitrogens with zero attached hydrogens (tertiary/aromatic N) is 2. The molecule has 0 saturated carbocycles. The third-order valence-corrected chi connectivity index (χ3v) is 3.60. The molecule has 0 aliphatic heterocycles. The largest absolute Gasteiger partial charge is 0.439 e. The maximum absolute atomic E-state index is 13.3. The van der Waals surface area contributed by atoms with Gasteiger partial charge in [-0.2, -0.15) is 0 Å². The molecule has 0 fully saturated rings. The van der Waals surface area contributed by atoms with E-state index in [1.54, 1.807) is 25.4 Å². The van der Waals surface area contributed by atoms with Gasteiger partial charge in [0.25, 0.3) is 0 Å². The number of hydrogen-bond donors (Lipinski definition) is 2. The van der Waals surface area contributed by atoms with Gasteiger partial charge in [-0.1, -0.05) is 31.9 Å². The number of guanidine groups is 1. The van der Waals surface area contributed by atoms with Gasteiger partial charge in [0.1, 0.15) is 11.6 Å². The molecule has 0 atom stereocenters. The minimum absolute atomic E-state index is 0. The Labute approximate surface area is 171 Å². The molecule has 0 aliphatic rings. The summed E-state index contributed by atoms with van der Waals surface area (Å²) in [6, 6.07) is 9.77. The van der Waals surface area contributed by atoms with Crippen molar-refractivity contribution in [1.29, 1.82) is 0 Å². The summed E-state index contributed by atoms with van der Waals surface area (Å²) in [5.74, 6) is 1.26. The molecule has 0 unspecified atom stereocenters. The van der Waals surface area contributed by atoms with Crippen molar-refractivity contribution in [1.82, 2.24) is 15.6 Å². The highest BCUT2D eigenvalue weighted by molar-refractivity contribution is 14.0. The van der Waals surface area contributed by atoms with E-state index in [9.17, 15) is 4.39 Å². The zero-order chi connectivity index (χ0) is 17.9. The van der Waals surface area contributed by atoms with Gasteiger partial charge in [0.05, 0.1) is 0 Å². The second-order valence-electron chi connectivity index (χ2n) is 5.59. The Kier molecular flexibility index (Phi) is 10.6. The summed E-state index contributed by atoms with van der Waals surface area (Å²) in [4.78, 5) is 8.46. The van der Waals surface area contributed by atoms with Crippen molar-refractivity contribution in [3.05, 3.63) is 54.0 Å². The Bertz CT molecular complexity index is 697. The van der Waals surface area contributed by atoms with E-state index in [1.165, 1.54) is 25.0 Å². The van der Waals surface area contributed by atoms with Gasteiger partial charge in [-0.15, -0.1) is 24.0 Å². The number of ether oxygens (including phenoxy) is 1. The van der Waals surface area contributed by atoms with Crippen molar-refractivity contribution in [3.8, 4) is 11.6 Å². The molecule has 2 aromatic rings. The molecule has 1 aromatic carbocycles. The van der Waals surface area contributed by atoms with E-state index in [0.717, 1.165) is 24.5 Å². The van der Waals surface area contributed by atoms with Gasteiger partial charge in [0.15, 0.2) is 5.96 Å². The monoisotopic (exact) mass is 472 g/mol. The van der Waals surface area contributed by atoms with Gasteiger partial charge in [-0.05, 0) is 24.6 Å². The molecule has 1 aromatic heterocycles. The fourth-order valence-electron chi connectivity index (χ4n) is 2.27. The first-order valence-corrected chi connectivity index (χ1v) is 8.54. The number of benzene rings is 1. The maximum Gasteiger partial charge on any atom is 0.224 e. The number of nitrogens with one attached hydrogen (secondary N) is 2. The van der Waals surface area contributed by atoms with Gasteiger partial charge >= 0.3 is 0 Å². The van der Waals surface area contributed by atoms with Gasteiger partial charge in [-0.25, -0.2) is 9.37 Å². The average Bonchev–Trinajstić information content (AvgIpc) is 2.62. The van der Waals surface area contributed by atoms with Crippen molar-refractivity contribution < 1.29 is 9.13 Å². The normalized spacial score (nSPS) is 10.8. The molecular weight excluding hydrogens is 446 g/mol. The van der Waals surface area contributed by atoms with Gasteiger partial charge in [-0.3, -0.25) is 4.99 Å². The number of hydrogen-bond acceptors (Lipinski definition) is 3. The van der Waals surface area contributed by atoms with Gasteiger partial charge in [0.2, 0.25) is 5.88 Å². The summed E-state index contributed by atoms with van der Waals surface area (Å²) in [6.45, 7) is 3.56. The summed E-state index contributed by atoms with van der Waals surface area (Å²) in [5.41, 5.74) is 0.864. The minimum Gasteiger partial charge on any atom is -0.439 e. The van der Waals surface area contributed by atoms with Gasteiger partial charge < -0.3 is 15.4 Å². The lowest BCUT2D eigenvalue weighted by atomic mass is 10.2.